The molecule has 2 aromatic carbocycles. The zero-order valence-corrected chi connectivity index (χ0v) is 14.1. The molecule has 2 rings (SSSR count). The first-order chi connectivity index (χ1) is 11.4. The third-order valence-electron chi connectivity index (χ3n) is 4.06. The number of hydrogen-bond acceptors (Lipinski definition) is 3. The van der Waals surface area contributed by atoms with E-state index in [1.165, 1.54) is 6.07 Å². The lowest BCUT2D eigenvalue weighted by Gasteiger charge is -2.25. The number of carbonyl (C=O) groups excluding carboxylic acids is 1. The molecule has 0 aliphatic heterocycles. The van der Waals surface area contributed by atoms with Crippen LogP contribution in [0.4, 0.5) is 10.1 Å². The van der Waals surface area contributed by atoms with Crippen LogP contribution in [0.3, 0.4) is 0 Å². The van der Waals surface area contributed by atoms with Gasteiger partial charge in [-0.1, -0.05) is 42.5 Å². The Balaban J connectivity index is 1.82. The van der Waals surface area contributed by atoms with Crippen molar-refractivity contribution in [2.45, 2.75) is 18.9 Å². The summed E-state index contributed by atoms with van der Waals surface area (Å²) in [6.07, 6.45) is 0.696. The van der Waals surface area contributed by atoms with Gasteiger partial charge in [0.1, 0.15) is 11.4 Å². The monoisotopic (exact) mass is 329 g/mol. The summed E-state index contributed by atoms with van der Waals surface area (Å²) in [5.41, 5.74) is 6.41. The van der Waals surface area contributed by atoms with Crippen molar-refractivity contribution >= 4 is 11.6 Å². The molecule has 0 fully saturated rings. The Labute approximate surface area is 142 Å². The molecule has 0 heterocycles. The Kier molecular flexibility index (Phi) is 5.93. The SMILES string of the molecule is CN(CCCNC(=O)C(C)(N)c1ccccc1)c1ccccc1F. The molecule has 1 amide bonds. The summed E-state index contributed by atoms with van der Waals surface area (Å²) in [6.45, 7) is 2.81. The number of para-hydroxylation sites is 1. The number of anilines is 1. The molecule has 2 aromatic rings. The summed E-state index contributed by atoms with van der Waals surface area (Å²) in [5.74, 6) is -0.468. The van der Waals surface area contributed by atoms with Crippen LogP contribution in [0.25, 0.3) is 0 Å². The molecule has 128 valence electrons. The summed E-state index contributed by atoms with van der Waals surface area (Å²) in [5, 5.41) is 2.86. The molecule has 5 heteroatoms. The maximum Gasteiger partial charge on any atom is 0.244 e. The van der Waals surface area contributed by atoms with E-state index in [1.54, 1.807) is 25.1 Å². The van der Waals surface area contributed by atoms with Gasteiger partial charge in [-0.15, -0.1) is 0 Å². The van der Waals surface area contributed by atoms with Crippen LogP contribution in [-0.4, -0.2) is 26.0 Å². The minimum absolute atomic E-state index is 0.220. The maximum atomic E-state index is 13.7. The topological polar surface area (TPSA) is 58.4 Å². The van der Waals surface area contributed by atoms with Crippen LogP contribution in [0.15, 0.2) is 54.6 Å². The highest BCUT2D eigenvalue weighted by atomic mass is 19.1. The first-order valence-corrected chi connectivity index (χ1v) is 8.01. The van der Waals surface area contributed by atoms with Gasteiger partial charge in [-0.3, -0.25) is 4.79 Å². The van der Waals surface area contributed by atoms with E-state index in [0.29, 0.717) is 25.2 Å². The van der Waals surface area contributed by atoms with Crippen molar-refractivity contribution in [3.63, 3.8) is 0 Å². The Morgan fingerprint density at radius 2 is 1.79 bits per heavy atom. The number of rotatable bonds is 7. The van der Waals surface area contributed by atoms with Crippen LogP contribution in [-0.2, 0) is 10.3 Å². The first kappa shape index (κ1) is 17.9. The van der Waals surface area contributed by atoms with Gasteiger partial charge >= 0.3 is 0 Å². The van der Waals surface area contributed by atoms with Gasteiger partial charge in [-0.2, -0.15) is 0 Å². The zero-order valence-electron chi connectivity index (χ0n) is 14.1. The molecule has 0 saturated carbocycles. The van der Waals surface area contributed by atoms with Crippen molar-refractivity contribution in [1.29, 1.82) is 0 Å². The number of benzene rings is 2. The van der Waals surface area contributed by atoms with Crippen LogP contribution < -0.4 is 16.0 Å². The van der Waals surface area contributed by atoms with Gasteiger partial charge in [-0.25, -0.2) is 4.39 Å². The predicted molar refractivity (Wildman–Crippen MR) is 95.3 cm³/mol. The van der Waals surface area contributed by atoms with Crippen molar-refractivity contribution in [2.75, 3.05) is 25.0 Å². The van der Waals surface area contributed by atoms with Gasteiger partial charge in [0.05, 0.1) is 5.69 Å². The molecule has 24 heavy (non-hydrogen) atoms. The highest BCUT2D eigenvalue weighted by molar-refractivity contribution is 5.86. The highest BCUT2D eigenvalue weighted by Gasteiger charge is 2.29. The van der Waals surface area contributed by atoms with Crippen molar-refractivity contribution in [2.24, 2.45) is 5.73 Å². The second kappa shape index (κ2) is 7.93. The fraction of sp³-hybridized carbons (Fsp3) is 0.316. The van der Waals surface area contributed by atoms with Crippen LogP contribution in [0.1, 0.15) is 18.9 Å². The lowest BCUT2D eigenvalue weighted by atomic mass is 9.92. The zero-order chi connectivity index (χ0) is 17.6. The number of halogens is 1. The lowest BCUT2D eigenvalue weighted by Crippen LogP contribution is -2.49. The summed E-state index contributed by atoms with van der Waals surface area (Å²) >= 11 is 0. The molecule has 0 bridgehead atoms. The van der Waals surface area contributed by atoms with Crippen LogP contribution >= 0.6 is 0 Å². The number of hydrogen-bond donors (Lipinski definition) is 2. The second-order valence-electron chi connectivity index (χ2n) is 6.05. The number of amides is 1. The number of nitrogens with zero attached hydrogens (tertiary/aromatic N) is 1. The average molecular weight is 329 g/mol. The Morgan fingerprint density at radius 1 is 1.17 bits per heavy atom. The van der Waals surface area contributed by atoms with E-state index < -0.39 is 5.54 Å². The van der Waals surface area contributed by atoms with E-state index >= 15 is 0 Å². The molecule has 0 saturated heterocycles. The lowest BCUT2D eigenvalue weighted by molar-refractivity contribution is -0.126. The Bertz CT molecular complexity index is 673. The summed E-state index contributed by atoms with van der Waals surface area (Å²) < 4.78 is 13.7. The molecule has 4 nitrogen and oxygen atoms in total. The van der Waals surface area contributed by atoms with E-state index in [-0.39, 0.29) is 11.7 Å². The highest BCUT2D eigenvalue weighted by Crippen LogP contribution is 2.18. The average Bonchev–Trinajstić information content (AvgIpc) is 2.59. The van der Waals surface area contributed by atoms with Crippen molar-refractivity contribution < 1.29 is 9.18 Å². The molecule has 0 aromatic heterocycles. The summed E-state index contributed by atoms with van der Waals surface area (Å²) in [6, 6.07) is 15.9. The van der Waals surface area contributed by atoms with Crippen molar-refractivity contribution in [1.82, 2.24) is 5.32 Å². The van der Waals surface area contributed by atoms with Gasteiger partial charge in [0, 0.05) is 20.1 Å². The summed E-state index contributed by atoms with van der Waals surface area (Å²) in [4.78, 5) is 14.2. The Hall–Kier alpha value is -2.40. The van der Waals surface area contributed by atoms with Gasteiger partial charge in [0.15, 0.2) is 0 Å². The van der Waals surface area contributed by atoms with Gasteiger partial charge in [0.2, 0.25) is 5.91 Å². The van der Waals surface area contributed by atoms with Crippen molar-refractivity contribution in [3.8, 4) is 0 Å². The van der Waals surface area contributed by atoms with E-state index in [0.717, 1.165) is 5.56 Å². The molecule has 3 N–H and O–H groups in total. The fourth-order valence-electron chi connectivity index (χ4n) is 2.50. The molecule has 1 atom stereocenters. The first-order valence-electron chi connectivity index (χ1n) is 8.01. The van der Waals surface area contributed by atoms with Gasteiger partial charge in [0.25, 0.3) is 0 Å². The second-order valence-corrected chi connectivity index (χ2v) is 6.05. The molecule has 1 unspecified atom stereocenters. The standard InChI is InChI=1S/C19H24FN3O/c1-19(21,15-9-4-3-5-10-15)18(24)22-13-8-14-23(2)17-12-7-6-11-16(17)20/h3-7,9-12H,8,13-14,21H2,1-2H3,(H,22,24). The molecule has 0 spiro atoms. The largest absolute Gasteiger partial charge is 0.372 e. The smallest absolute Gasteiger partial charge is 0.244 e. The van der Waals surface area contributed by atoms with Gasteiger partial charge < -0.3 is 16.0 Å². The van der Waals surface area contributed by atoms with E-state index in [9.17, 15) is 9.18 Å². The maximum absolute atomic E-state index is 13.7. The Morgan fingerprint density at radius 3 is 2.46 bits per heavy atom. The van der Waals surface area contributed by atoms with Crippen molar-refractivity contribution in [3.05, 3.63) is 66.0 Å². The molecular formula is C19H24FN3O. The minimum atomic E-state index is -1.07. The fourth-order valence-corrected chi connectivity index (χ4v) is 2.50. The molecular weight excluding hydrogens is 305 g/mol. The van der Waals surface area contributed by atoms with E-state index in [2.05, 4.69) is 5.32 Å². The van der Waals surface area contributed by atoms with Crippen LogP contribution in [0.2, 0.25) is 0 Å². The number of nitrogens with two attached hydrogens (primary N) is 1. The van der Waals surface area contributed by atoms with E-state index in [1.807, 2.05) is 42.3 Å². The summed E-state index contributed by atoms with van der Waals surface area (Å²) in [7, 11) is 1.83. The number of nitrogens with one attached hydrogen (secondary N) is 1. The number of carbonyl (C=O) groups is 1. The normalized spacial score (nSPS) is 13.2. The van der Waals surface area contributed by atoms with Crippen LogP contribution in [0.5, 0.6) is 0 Å². The predicted octanol–water partition coefficient (Wildman–Crippen LogP) is 2.64. The van der Waals surface area contributed by atoms with Crippen LogP contribution in [0, 0.1) is 5.82 Å². The molecule has 0 radical (unpaired) electrons. The molecule has 0 aliphatic rings. The van der Waals surface area contributed by atoms with Gasteiger partial charge in [-0.05, 0) is 31.0 Å². The minimum Gasteiger partial charge on any atom is -0.372 e. The quantitative estimate of drug-likeness (QED) is 0.768. The molecule has 0 aliphatic carbocycles. The third kappa shape index (κ3) is 4.32. The van der Waals surface area contributed by atoms with E-state index in [4.69, 9.17) is 5.73 Å². The third-order valence-corrected chi connectivity index (χ3v) is 4.06.